The molecule has 50 heavy (non-hydrogen) atoms. The zero-order chi connectivity index (χ0) is 37.9. The summed E-state index contributed by atoms with van der Waals surface area (Å²) >= 11 is 0. The maximum atomic E-state index is 10.3. The van der Waals surface area contributed by atoms with Gasteiger partial charge in [0.15, 0.2) is 6.29 Å². The first kappa shape index (κ1) is 52.3. The number of allylic oxidation sites excluding steroid dienone is 4. The van der Waals surface area contributed by atoms with E-state index >= 15 is 0 Å². The van der Waals surface area contributed by atoms with Crippen molar-refractivity contribution in [2.75, 3.05) is 6.61 Å². The fourth-order valence-corrected chi connectivity index (χ4v) is 5.11. The molecule has 0 saturated carbocycles. The number of aliphatic carboxylic acids is 2. The molecule has 9 heteroatoms. The molecular formula is C41H78O9. The van der Waals surface area contributed by atoms with Gasteiger partial charge in [-0.05, 0) is 64.2 Å². The number of unbranched alkanes of at least 4 members (excludes halogenated alkanes) is 22. The van der Waals surface area contributed by atoms with Crippen LogP contribution in [0.3, 0.4) is 0 Å². The Hall–Kier alpha value is -2.07. The van der Waals surface area contributed by atoms with Crippen molar-refractivity contribution in [2.24, 2.45) is 0 Å². The molecule has 0 aliphatic heterocycles. The van der Waals surface area contributed by atoms with Gasteiger partial charge in [-0.1, -0.05) is 141 Å². The summed E-state index contributed by atoms with van der Waals surface area (Å²) in [5.41, 5.74) is 0. The molecule has 0 amide bonds. The van der Waals surface area contributed by atoms with Gasteiger partial charge in [-0.25, -0.2) is 0 Å². The third-order valence-corrected chi connectivity index (χ3v) is 8.38. The molecule has 296 valence electrons. The number of aliphatic hydroxyl groups excluding tert-OH is 4. The van der Waals surface area contributed by atoms with Crippen LogP contribution in [0, 0.1) is 0 Å². The van der Waals surface area contributed by atoms with Crippen molar-refractivity contribution in [3.05, 3.63) is 24.3 Å². The largest absolute Gasteiger partial charge is 0.481 e. The molecule has 3 atom stereocenters. The second-order valence-electron chi connectivity index (χ2n) is 13.3. The first-order valence-electron chi connectivity index (χ1n) is 20.0. The molecule has 0 spiro atoms. The minimum absolute atomic E-state index is 0.0869. The van der Waals surface area contributed by atoms with E-state index < -0.39 is 36.9 Å². The lowest BCUT2D eigenvalue weighted by atomic mass is 10.1. The molecule has 0 aromatic carbocycles. The molecule has 0 aromatic rings. The van der Waals surface area contributed by atoms with E-state index in [1.807, 2.05) is 0 Å². The third-order valence-electron chi connectivity index (χ3n) is 8.38. The van der Waals surface area contributed by atoms with E-state index in [9.17, 15) is 14.4 Å². The predicted octanol–water partition coefficient (Wildman–Crippen LogP) is 9.48. The zero-order valence-corrected chi connectivity index (χ0v) is 32.0. The Morgan fingerprint density at radius 3 is 1.02 bits per heavy atom. The SMILES string of the molecule is CCCCCCCC/C=C\CCCCCCCC(=O)O.CCCCCCCC/C=C\CCCCCCCC(=O)O.O=C[C@H](O)[C@@H](O)[C@H](O)CO. The van der Waals surface area contributed by atoms with Gasteiger partial charge in [0.25, 0.3) is 0 Å². The summed E-state index contributed by atoms with van der Waals surface area (Å²) in [6, 6.07) is 0. The van der Waals surface area contributed by atoms with Gasteiger partial charge in [0.1, 0.15) is 18.3 Å². The van der Waals surface area contributed by atoms with Gasteiger partial charge in [-0.3, -0.25) is 9.59 Å². The first-order chi connectivity index (χ1) is 24.2. The van der Waals surface area contributed by atoms with Crippen LogP contribution in [0.1, 0.15) is 194 Å². The third kappa shape index (κ3) is 48.0. The van der Waals surface area contributed by atoms with Crippen LogP contribution >= 0.6 is 0 Å². The first-order valence-corrected chi connectivity index (χ1v) is 20.0. The number of hydrogen-bond acceptors (Lipinski definition) is 7. The maximum absolute atomic E-state index is 10.3. The Morgan fingerprint density at radius 2 is 0.760 bits per heavy atom. The minimum atomic E-state index is -1.64. The van der Waals surface area contributed by atoms with E-state index in [1.54, 1.807) is 0 Å². The second-order valence-corrected chi connectivity index (χ2v) is 13.3. The summed E-state index contributed by atoms with van der Waals surface area (Å²) in [6.45, 7) is 3.83. The molecule has 0 aromatic heterocycles. The molecule has 9 nitrogen and oxygen atoms in total. The second kappa shape index (κ2) is 45.0. The van der Waals surface area contributed by atoms with E-state index in [1.165, 1.54) is 141 Å². The van der Waals surface area contributed by atoms with Crippen molar-refractivity contribution in [2.45, 2.75) is 212 Å². The lowest BCUT2D eigenvalue weighted by molar-refractivity contribution is -0.138. The van der Waals surface area contributed by atoms with Gasteiger partial charge in [-0.15, -0.1) is 0 Å². The van der Waals surface area contributed by atoms with Crippen molar-refractivity contribution < 1.29 is 45.0 Å². The van der Waals surface area contributed by atoms with Crippen LogP contribution in [0.4, 0.5) is 0 Å². The summed E-state index contributed by atoms with van der Waals surface area (Å²) < 4.78 is 0. The van der Waals surface area contributed by atoms with Crippen LogP contribution in [0.15, 0.2) is 24.3 Å². The number of carbonyl (C=O) groups is 3. The predicted molar refractivity (Wildman–Crippen MR) is 205 cm³/mol. The number of carbonyl (C=O) groups excluding carboxylic acids is 1. The van der Waals surface area contributed by atoms with Crippen molar-refractivity contribution >= 4 is 18.2 Å². The van der Waals surface area contributed by atoms with Crippen molar-refractivity contribution in [3.8, 4) is 0 Å². The van der Waals surface area contributed by atoms with Gasteiger partial charge in [-0.2, -0.15) is 0 Å². The van der Waals surface area contributed by atoms with Gasteiger partial charge in [0.05, 0.1) is 6.61 Å². The Morgan fingerprint density at radius 1 is 0.480 bits per heavy atom. The fourth-order valence-electron chi connectivity index (χ4n) is 5.11. The molecule has 0 heterocycles. The monoisotopic (exact) mass is 715 g/mol. The molecule has 0 unspecified atom stereocenters. The highest BCUT2D eigenvalue weighted by molar-refractivity contribution is 5.66. The molecule has 0 fully saturated rings. The van der Waals surface area contributed by atoms with Crippen LogP contribution in [0.25, 0.3) is 0 Å². The Balaban J connectivity index is -0.000000701. The Bertz CT molecular complexity index is 719. The lowest BCUT2D eigenvalue weighted by Gasteiger charge is -2.16. The van der Waals surface area contributed by atoms with Crippen LogP contribution in [-0.2, 0) is 14.4 Å². The van der Waals surface area contributed by atoms with E-state index in [-0.39, 0.29) is 6.29 Å². The van der Waals surface area contributed by atoms with Crippen LogP contribution < -0.4 is 0 Å². The summed E-state index contributed by atoms with van der Waals surface area (Å²) in [5, 5.41) is 51.1. The molecule has 6 N–H and O–H groups in total. The summed E-state index contributed by atoms with van der Waals surface area (Å²) in [6.07, 6.45) is 37.8. The number of carboxylic acid groups (broad SMARTS) is 2. The molecular weight excluding hydrogens is 636 g/mol. The molecule has 0 aliphatic carbocycles. The number of aldehydes is 1. The topological polar surface area (TPSA) is 173 Å². The highest BCUT2D eigenvalue weighted by Crippen LogP contribution is 2.11. The normalized spacial score (nSPS) is 12.9. The standard InChI is InChI=1S/2C18H34O2.C5H10O5/c2*1-2-3-4-5-6-7-8-9-10-11-12-13-14-15-16-17-18(19)20;6-1-3(8)5(10)4(9)2-7/h2*9-10H,2-8,11-17H2,1H3,(H,19,20);1,3-5,7-10H,2H2/b2*10-9-;/t;;3-,4+,5+/m..0/s1. The lowest BCUT2D eigenvalue weighted by Crippen LogP contribution is -2.40. The van der Waals surface area contributed by atoms with E-state index in [0.717, 1.165) is 25.7 Å². The fraction of sp³-hybridized carbons (Fsp3) is 0.829. The number of aliphatic hydroxyl groups is 4. The summed E-state index contributed by atoms with van der Waals surface area (Å²) in [7, 11) is 0. The Labute approximate surface area is 305 Å². The highest BCUT2D eigenvalue weighted by atomic mass is 16.4. The van der Waals surface area contributed by atoms with Crippen molar-refractivity contribution in [1.82, 2.24) is 0 Å². The summed E-state index contributed by atoms with van der Waals surface area (Å²) in [5.74, 6) is -1.33. The maximum Gasteiger partial charge on any atom is 0.303 e. The quantitative estimate of drug-likeness (QED) is 0.0216. The Kier molecular flexibility index (Phi) is 47.0. The van der Waals surface area contributed by atoms with Crippen LogP contribution in [0.5, 0.6) is 0 Å². The number of rotatable bonds is 34. The van der Waals surface area contributed by atoms with E-state index in [2.05, 4.69) is 38.2 Å². The number of hydrogen-bond donors (Lipinski definition) is 6. The van der Waals surface area contributed by atoms with Crippen LogP contribution in [0.2, 0.25) is 0 Å². The average Bonchev–Trinajstić information content (AvgIpc) is 3.10. The van der Waals surface area contributed by atoms with Gasteiger partial charge < -0.3 is 35.4 Å². The van der Waals surface area contributed by atoms with E-state index in [0.29, 0.717) is 12.8 Å². The molecule has 0 radical (unpaired) electrons. The smallest absolute Gasteiger partial charge is 0.303 e. The zero-order valence-electron chi connectivity index (χ0n) is 32.0. The van der Waals surface area contributed by atoms with Gasteiger partial charge >= 0.3 is 11.9 Å². The van der Waals surface area contributed by atoms with Crippen molar-refractivity contribution in [3.63, 3.8) is 0 Å². The van der Waals surface area contributed by atoms with Crippen molar-refractivity contribution in [1.29, 1.82) is 0 Å². The number of carboxylic acids is 2. The molecule has 0 aliphatic rings. The van der Waals surface area contributed by atoms with E-state index in [4.69, 9.17) is 30.6 Å². The molecule has 0 bridgehead atoms. The van der Waals surface area contributed by atoms with Gasteiger partial charge in [0, 0.05) is 12.8 Å². The summed E-state index contributed by atoms with van der Waals surface area (Å²) in [4.78, 5) is 30.4. The highest BCUT2D eigenvalue weighted by Gasteiger charge is 2.22. The average molecular weight is 715 g/mol. The van der Waals surface area contributed by atoms with Crippen LogP contribution in [-0.4, -0.2) is 73.8 Å². The minimum Gasteiger partial charge on any atom is -0.481 e. The molecule has 0 rings (SSSR count). The molecule has 0 saturated heterocycles. The van der Waals surface area contributed by atoms with Gasteiger partial charge in [0.2, 0.25) is 0 Å².